The Morgan fingerprint density at radius 2 is 1.74 bits per heavy atom. The summed E-state index contributed by atoms with van der Waals surface area (Å²) in [4.78, 5) is 18.4. The van der Waals surface area contributed by atoms with Crippen molar-refractivity contribution in [1.29, 1.82) is 0 Å². The molecule has 2 atom stereocenters. The van der Waals surface area contributed by atoms with Crippen LogP contribution in [0.15, 0.2) is 54.9 Å². The molecule has 6 nitrogen and oxygen atoms in total. The first-order valence-corrected chi connectivity index (χ1v) is 10.6. The number of aliphatic carboxylic acids is 1. The fourth-order valence-electron chi connectivity index (χ4n) is 3.47. The minimum Gasteiger partial charge on any atom is -0.489 e. The van der Waals surface area contributed by atoms with Crippen LogP contribution in [0.3, 0.4) is 0 Å². The molecule has 0 spiro atoms. The number of hydrogen-bond donors (Lipinski definition) is 2. The van der Waals surface area contributed by atoms with E-state index in [-0.39, 0.29) is 23.6 Å². The fraction of sp³-hybridized carbons (Fsp3) is 0.292. The summed E-state index contributed by atoms with van der Waals surface area (Å²) in [6.45, 7) is 2.94. The number of carboxylic acids is 1. The lowest BCUT2D eigenvalue weighted by molar-refractivity contribution is -0.276. The van der Waals surface area contributed by atoms with Crippen molar-refractivity contribution < 1.29 is 32.9 Å². The molecule has 0 unspecified atom stereocenters. The van der Waals surface area contributed by atoms with E-state index >= 15 is 0 Å². The van der Waals surface area contributed by atoms with Crippen molar-refractivity contribution in [2.24, 2.45) is 0 Å². The largest absolute Gasteiger partial charge is 0.489 e. The van der Waals surface area contributed by atoms with Gasteiger partial charge in [-0.2, -0.15) is 13.2 Å². The number of aliphatic hydroxyl groups is 1. The van der Waals surface area contributed by atoms with Gasteiger partial charge in [0.15, 0.2) is 0 Å². The van der Waals surface area contributed by atoms with Crippen molar-refractivity contribution >= 4 is 17.6 Å². The number of carbonyl (C=O) groups is 1. The fourth-order valence-corrected chi connectivity index (χ4v) is 3.80. The van der Waals surface area contributed by atoms with Crippen molar-refractivity contribution in [2.45, 2.75) is 44.6 Å². The van der Waals surface area contributed by atoms with Crippen LogP contribution in [0, 0.1) is 6.92 Å². The van der Waals surface area contributed by atoms with Crippen molar-refractivity contribution in [2.75, 3.05) is 0 Å². The third-order valence-electron chi connectivity index (χ3n) is 5.45. The van der Waals surface area contributed by atoms with Crippen LogP contribution in [-0.4, -0.2) is 32.3 Å². The minimum absolute atomic E-state index is 0.00967. The normalized spacial score (nSPS) is 14.3. The number of ether oxygens (including phenoxy) is 1. The summed E-state index contributed by atoms with van der Waals surface area (Å²) in [6.07, 6.45) is -3.06. The Balaban J connectivity index is 1.80. The van der Waals surface area contributed by atoms with Gasteiger partial charge in [-0.05, 0) is 35.7 Å². The molecule has 180 valence electrons. The van der Waals surface area contributed by atoms with E-state index in [1.165, 1.54) is 25.1 Å². The van der Waals surface area contributed by atoms with Crippen LogP contribution in [0.25, 0.3) is 0 Å². The van der Waals surface area contributed by atoms with Crippen LogP contribution in [0.5, 0.6) is 5.75 Å². The van der Waals surface area contributed by atoms with Crippen LogP contribution in [0.4, 0.5) is 13.2 Å². The Morgan fingerprint density at radius 1 is 1.09 bits per heavy atom. The number of hydrogen-bond acceptors (Lipinski definition) is 5. The van der Waals surface area contributed by atoms with Gasteiger partial charge in [0.05, 0.1) is 18.3 Å². The zero-order chi connectivity index (χ0) is 25.1. The SMILES string of the molecule is Cc1cnc([C@](O)([C@H](C)c2ccc(OCc3ccc(CC(=O)O)cc3)cc2Cl)C(F)(F)F)cn1. The summed E-state index contributed by atoms with van der Waals surface area (Å²) in [7, 11) is 0. The molecule has 10 heteroatoms. The Hall–Kier alpha value is -3.17. The third-order valence-corrected chi connectivity index (χ3v) is 5.78. The topological polar surface area (TPSA) is 92.5 Å². The summed E-state index contributed by atoms with van der Waals surface area (Å²) in [5.41, 5.74) is -2.04. The first-order chi connectivity index (χ1) is 15.9. The summed E-state index contributed by atoms with van der Waals surface area (Å²) < 4.78 is 47.8. The van der Waals surface area contributed by atoms with Gasteiger partial charge in [0.25, 0.3) is 0 Å². The maximum Gasteiger partial charge on any atom is 0.423 e. The highest BCUT2D eigenvalue weighted by Crippen LogP contribution is 2.49. The highest BCUT2D eigenvalue weighted by atomic mass is 35.5. The number of aromatic nitrogens is 2. The average Bonchev–Trinajstić information content (AvgIpc) is 2.77. The molecule has 1 heterocycles. The first-order valence-electron chi connectivity index (χ1n) is 10.2. The number of alkyl halides is 3. The zero-order valence-electron chi connectivity index (χ0n) is 18.3. The van der Waals surface area contributed by atoms with Crippen LogP contribution in [0.1, 0.15) is 40.9 Å². The monoisotopic (exact) mass is 494 g/mol. The number of carboxylic acid groups (broad SMARTS) is 1. The lowest BCUT2D eigenvalue weighted by Gasteiger charge is -2.35. The number of halogens is 4. The van der Waals surface area contributed by atoms with Gasteiger partial charge in [-0.15, -0.1) is 0 Å². The van der Waals surface area contributed by atoms with Crippen molar-refractivity contribution in [3.05, 3.63) is 88.0 Å². The molecule has 0 bridgehead atoms. The third kappa shape index (κ3) is 5.48. The molecule has 0 fully saturated rings. The molecule has 3 aromatic rings. The molecule has 1 aromatic heterocycles. The number of benzene rings is 2. The molecule has 0 amide bonds. The van der Waals surface area contributed by atoms with Crippen LogP contribution < -0.4 is 4.74 Å². The Kier molecular flexibility index (Phi) is 7.48. The molecule has 0 aliphatic heterocycles. The second-order valence-electron chi connectivity index (χ2n) is 7.89. The van der Waals surface area contributed by atoms with E-state index in [2.05, 4.69) is 9.97 Å². The van der Waals surface area contributed by atoms with E-state index < -0.39 is 29.4 Å². The van der Waals surface area contributed by atoms with E-state index in [0.717, 1.165) is 18.0 Å². The van der Waals surface area contributed by atoms with E-state index in [1.807, 2.05) is 0 Å². The highest BCUT2D eigenvalue weighted by molar-refractivity contribution is 6.31. The highest BCUT2D eigenvalue weighted by Gasteiger charge is 2.60. The predicted molar refractivity (Wildman–Crippen MR) is 119 cm³/mol. The molecule has 2 N–H and O–H groups in total. The minimum atomic E-state index is -5.04. The van der Waals surface area contributed by atoms with Gasteiger partial charge in [0.2, 0.25) is 5.60 Å². The zero-order valence-corrected chi connectivity index (χ0v) is 19.1. The lowest BCUT2D eigenvalue weighted by atomic mass is 9.80. The first kappa shape index (κ1) is 25.5. The molecular formula is C24H22ClF3N2O4. The van der Waals surface area contributed by atoms with E-state index in [4.69, 9.17) is 21.4 Å². The molecule has 0 aliphatic rings. The maximum absolute atomic E-state index is 14.0. The quantitative estimate of drug-likeness (QED) is 0.447. The van der Waals surface area contributed by atoms with Gasteiger partial charge < -0.3 is 14.9 Å². The molecule has 3 rings (SSSR count). The van der Waals surface area contributed by atoms with Crippen LogP contribution in [-0.2, 0) is 23.4 Å². The van der Waals surface area contributed by atoms with Gasteiger partial charge >= 0.3 is 12.1 Å². The van der Waals surface area contributed by atoms with Gasteiger partial charge in [-0.25, -0.2) is 0 Å². The number of rotatable bonds is 8. The number of aryl methyl sites for hydroxylation is 1. The van der Waals surface area contributed by atoms with Crippen LogP contribution >= 0.6 is 11.6 Å². The Morgan fingerprint density at radius 3 is 2.26 bits per heavy atom. The molecule has 0 radical (unpaired) electrons. The van der Waals surface area contributed by atoms with Crippen molar-refractivity contribution in [1.82, 2.24) is 9.97 Å². The van der Waals surface area contributed by atoms with Crippen molar-refractivity contribution in [3.8, 4) is 5.75 Å². The van der Waals surface area contributed by atoms with Gasteiger partial charge in [0, 0.05) is 17.1 Å². The summed E-state index contributed by atoms with van der Waals surface area (Å²) in [5, 5.41) is 19.6. The van der Waals surface area contributed by atoms with Crippen molar-refractivity contribution in [3.63, 3.8) is 0 Å². The second-order valence-corrected chi connectivity index (χ2v) is 8.30. The van der Waals surface area contributed by atoms with Gasteiger partial charge in [-0.3, -0.25) is 14.8 Å². The Bertz CT molecular complexity index is 1150. The average molecular weight is 495 g/mol. The second kappa shape index (κ2) is 9.99. The molecule has 0 saturated heterocycles. The molecule has 0 saturated carbocycles. The maximum atomic E-state index is 14.0. The number of nitrogens with zero attached hydrogens (tertiary/aromatic N) is 2. The Labute approximate surface area is 199 Å². The molecule has 0 aliphatic carbocycles. The predicted octanol–water partition coefficient (Wildman–Crippen LogP) is 5.20. The standard InChI is InChI=1S/C24H22ClF3N2O4/c1-14-11-30-21(12-29-14)23(33,24(26,27)28)15(2)19-8-7-18(10-20(19)25)34-13-17-5-3-16(4-6-17)9-22(31)32/h3-8,10-12,15,33H,9,13H2,1-2H3,(H,31,32)/t15-,23-/m1/s1. The molecule has 2 aromatic carbocycles. The summed E-state index contributed by atoms with van der Waals surface area (Å²) >= 11 is 6.29. The van der Waals surface area contributed by atoms with E-state index in [0.29, 0.717) is 17.0 Å². The van der Waals surface area contributed by atoms with Gasteiger partial charge in [0.1, 0.15) is 18.1 Å². The van der Waals surface area contributed by atoms with Gasteiger partial charge in [-0.1, -0.05) is 48.9 Å². The van der Waals surface area contributed by atoms with Crippen LogP contribution in [0.2, 0.25) is 5.02 Å². The summed E-state index contributed by atoms with van der Waals surface area (Å²) in [5.74, 6) is -2.10. The lowest BCUT2D eigenvalue weighted by Crippen LogP contribution is -2.47. The summed E-state index contributed by atoms with van der Waals surface area (Å²) in [6, 6.07) is 11.0. The van der Waals surface area contributed by atoms with E-state index in [9.17, 15) is 23.1 Å². The molecule has 34 heavy (non-hydrogen) atoms. The smallest absolute Gasteiger partial charge is 0.423 e. The molecular weight excluding hydrogens is 473 g/mol. The van der Waals surface area contributed by atoms with E-state index in [1.54, 1.807) is 31.2 Å².